The van der Waals surface area contributed by atoms with Crippen LogP contribution in [0.5, 0.6) is 0 Å². The Labute approximate surface area is 117 Å². The minimum absolute atomic E-state index is 0.334. The predicted molar refractivity (Wildman–Crippen MR) is 77.6 cm³/mol. The van der Waals surface area contributed by atoms with Gasteiger partial charge in [0.2, 0.25) is 0 Å². The highest BCUT2D eigenvalue weighted by atomic mass is 32.1. The van der Waals surface area contributed by atoms with Crippen molar-refractivity contribution in [3.63, 3.8) is 0 Å². The van der Waals surface area contributed by atoms with Gasteiger partial charge in [0, 0.05) is 22.8 Å². The highest BCUT2D eigenvalue weighted by molar-refractivity contribution is 7.11. The fraction of sp³-hybridized carbons (Fsp3) is 0.267. The highest BCUT2D eigenvalue weighted by Gasteiger charge is 2.05. The molecule has 0 unspecified atom stereocenters. The molecule has 0 aliphatic heterocycles. The number of carbonyl (C=O) groups is 1. The number of aromatic carboxylic acids is 1. The SMILES string of the molecule is Cc1ccc(CN(C)Cc2ccc(C(=O)O)cc2)s1. The lowest BCUT2D eigenvalue weighted by molar-refractivity contribution is 0.0697. The van der Waals surface area contributed by atoms with E-state index in [0.717, 1.165) is 18.7 Å². The first kappa shape index (κ1) is 13.8. The van der Waals surface area contributed by atoms with Crippen molar-refractivity contribution in [2.75, 3.05) is 7.05 Å². The molecule has 2 aromatic rings. The molecular weight excluding hydrogens is 258 g/mol. The summed E-state index contributed by atoms with van der Waals surface area (Å²) in [7, 11) is 2.07. The van der Waals surface area contributed by atoms with Crippen molar-refractivity contribution >= 4 is 17.3 Å². The van der Waals surface area contributed by atoms with E-state index in [-0.39, 0.29) is 0 Å². The van der Waals surface area contributed by atoms with Crippen LogP contribution < -0.4 is 0 Å². The zero-order valence-corrected chi connectivity index (χ0v) is 11.9. The van der Waals surface area contributed by atoms with Gasteiger partial charge in [-0.15, -0.1) is 11.3 Å². The van der Waals surface area contributed by atoms with Crippen molar-refractivity contribution in [2.24, 2.45) is 0 Å². The maximum absolute atomic E-state index is 10.8. The van der Waals surface area contributed by atoms with Crippen molar-refractivity contribution in [3.05, 3.63) is 57.3 Å². The van der Waals surface area contributed by atoms with Gasteiger partial charge >= 0.3 is 5.97 Å². The summed E-state index contributed by atoms with van der Waals surface area (Å²) in [4.78, 5) is 15.7. The van der Waals surface area contributed by atoms with E-state index in [0.29, 0.717) is 5.56 Å². The lowest BCUT2D eigenvalue weighted by Gasteiger charge is -2.15. The molecule has 4 heteroatoms. The van der Waals surface area contributed by atoms with Gasteiger partial charge in [0.05, 0.1) is 5.56 Å². The van der Waals surface area contributed by atoms with E-state index in [1.165, 1.54) is 9.75 Å². The monoisotopic (exact) mass is 275 g/mol. The molecule has 1 heterocycles. The normalized spacial score (nSPS) is 10.9. The summed E-state index contributed by atoms with van der Waals surface area (Å²) in [5.41, 5.74) is 1.46. The van der Waals surface area contributed by atoms with Crippen molar-refractivity contribution in [3.8, 4) is 0 Å². The number of benzene rings is 1. The third kappa shape index (κ3) is 3.91. The van der Waals surface area contributed by atoms with Crippen LogP contribution in [-0.2, 0) is 13.1 Å². The van der Waals surface area contributed by atoms with E-state index >= 15 is 0 Å². The molecular formula is C15H17NO2S. The molecule has 1 aromatic heterocycles. The van der Waals surface area contributed by atoms with E-state index in [1.54, 1.807) is 12.1 Å². The Hall–Kier alpha value is -1.65. The molecule has 0 saturated carbocycles. The summed E-state index contributed by atoms with van der Waals surface area (Å²) in [6.45, 7) is 3.84. The van der Waals surface area contributed by atoms with Crippen LogP contribution >= 0.6 is 11.3 Å². The van der Waals surface area contributed by atoms with Crippen LogP contribution in [0, 0.1) is 6.92 Å². The van der Waals surface area contributed by atoms with Crippen LogP contribution in [0.3, 0.4) is 0 Å². The smallest absolute Gasteiger partial charge is 0.335 e. The molecule has 100 valence electrons. The molecule has 2 rings (SSSR count). The second-order valence-corrected chi connectivity index (χ2v) is 6.06. The van der Waals surface area contributed by atoms with Crippen LogP contribution in [0.4, 0.5) is 0 Å². The first-order valence-corrected chi connectivity index (χ1v) is 6.92. The first-order chi connectivity index (χ1) is 9.04. The molecule has 0 fully saturated rings. The summed E-state index contributed by atoms with van der Waals surface area (Å²) < 4.78 is 0. The summed E-state index contributed by atoms with van der Waals surface area (Å²) in [5, 5.41) is 8.85. The van der Waals surface area contributed by atoms with E-state index in [9.17, 15) is 4.79 Å². The first-order valence-electron chi connectivity index (χ1n) is 6.10. The number of carboxylic acid groups (broad SMARTS) is 1. The Morgan fingerprint density at radius 3 is 2.37 bits per heavy atom. The number of hydrogen-bond acceptors (Lipinski definition) is 3. The summed E-state index contributed by atoms with van der Waals surface area (Å²) in [5.74, 6) is -0.881. The number of aryl methyl sites for hydroxylation is 1. The topological polar surface area (TPSA) is 40.5 Å². The number of carboxylic acids is 1. The number of thiophene rings is 1. The van der Waals surface area contributed by atoms with Crippen LogP contribution in [0.25, 0.3) is 0 Å². The van der Waals surface area contributed by atoms with Gasteiger partial charge in [-0.25, -0.2) is 4.79 Å². The fourth-order valence-electron chi connectivity index (χ4n) is 1.96. The Morgan fingerprint density at radius 2 is 1.84 bits per heavy atom. The van der Waals surface area contributed by atoms with Crippen molar-refractivity contribution in [2.45, 2.75) is 20.0 Å². The largest absolute Gasteiger partial charge is 0.478 e. The maximum atomic E-state index is 10.8. The average Bonchev–Trinajstić information content (AvgIpc) is 2.75. The highest BCUT2D eigenvalue weighted by Crippen LogP contribution is 2.17. The van der Waals surface area contributed by atoms with Gasteiger partial charge in [0.25, 0.3) is 0 Å². The molecule has 0 atom stereocenters. The lowest BCUT2D eigenvalue weighted by atomic mass is 10.1. The zero-order chi connectivity index (χ0) is 13.8. The molecule has 0 saturated heterocycles. The second-order valence-electron chi connectivity index (χ2n) is 4.69. The molecule has 0 aliphatic carbocycles. The molecule has 3 nitrogen and oxygen atoms in total. The molecule has 0 bridgehead atoms. The van der Waals surface area contributed by atoms with Crippen LogP contribution in [0.1, 0.15) is 25.7 Å². The zero-order valence-electron chi connectivity index (χ0n) is 11.1. The van der Waals surface area contributed by atoms with Gasteiger partial charge in [-0.1, -0.05) is 12.1 Å². The van der Waals surface area contributed by atoms with Gasteiger partial charge in [-0.3, -0.25) is 4.90 Å². The van der Waals surface area contributed by atoms with Crippen molar-refractivity contribution < 1.29 is 9.90 Å². The molecule has 19 heavy (non-hydrogen) atoms. The molecule has 1 aromatic carbocycles. The predicted octanol–water partition coefficient (Wildman–Crippen LogP) is 3.39. The summed E-state index contributed by atoms with van der Waals surface area (Å²) in [6.07, 6.45) is 0. The van der Waals surface area contributed by atoms with E-state index in [4.69, 9.17) is 5.11 Å². The Morgan fingerprint density at radius 1 is 1.16 bits per heavy atom. The minimum Gasteiger partial charge on any atom is -0.478 e. The van der Waals surface area contributed by atoms with Crippen LogP contribution in [0.2, 0.25) is 0 Å². The van der Waals surface area contributed by atoms with Gasteiger partial charge in [0.1, 0.15) is 0 Å². The van der Waals surface area contributed by atoms with E-state index in [2.05, 4.69) is 31.0 Å². The van der Waals surface area contributed by atoms with Gasteiger partial charge in [-0.2, -0.15) is 0 Å². The quantitative estimate of drug-likeness (QED) is 0.909. The van der Waals surface area contributed by atoms with Gasteiger partial charge in [-0.05, 0) is 43.8 Å². The van der Waals surface area contributed by atoms with Gasteiger partial charge < -0.3 is 5.11 Å². The molecule has 0 amide bonds. The standard InChI is InChI=1S/C15H17NO2S/c1-11-3-8-14(19-11)10-16(2)9-12-4-6-13(7-5-12)15(17)18/h3-8H,9-10H2,1-2H3,(H,17,18). The number of rotatable bonds is 5. The third-order valence-corrected chi connectivity index (χ3v) is 3.86. The third-order valence-electron chi connectivity index (χ3n) is 2.88. The van der Waals surface area contributed by atoms with Crippen LogP contribution in [0.15, 0.2) is 36.4 Å². The molecule has 0 radical (unpaired) electrons. The number of hydrogen-bond donors (Lipinski definition) is 1. The molecule has 0 spiro atoms. The Kier molecular flexibility index (Phi) is 4.35. The Bertz CT molecular complexity index is 560. The van der Waals surface area contributed by atoms with Crippen molar-refractivity contribution in [1.82, 2.24) is 4.90 Å². The van der Waals surface area contributed by atoms with Crippen molar-refractivity contribution in [1.29, 1.82) is 0 Å². The molecule has 0 aliphatic rings. The molecule has 1 N–H and O–H groups in total. The average molecular weight is 275 g/mol. The summed E-state index contributed by atoms with van der Waals surface area (Å²) in [6, 6.07) is 11.3. The Balaban J connectivity index is 1.94. The lowest BCUT2D eigenvalue weighted by Crippen LogP contribution is -2.16. The van der Waals surface area contributed by atoms with E-state index in [1.807, 2.05) is 23.5 Å². The van der Waals surface area contributed by atoms with Crippen LogP contribution in [-0.4, -0.2) is 23.0 Å². The fourth-order valence-corrected chi connectivity index (χ4v) is 2.93. The summed E-state index contributed by atoms with van der Waals surface area (Å²) >= 11 is 1.81. The maximum Gasteiger partial charge on any atom is 0.335 e. The number of nitrogens with zero attached hydrogens (tertiary/aromatic N) is 1. The minimum atomic E-state index is -0.881. The second kappa shape index (κ2) is 5.99. The van der Waals surface area contributed by atoms with E-state index < -0.39 is 5.97 Å². The van der Waals surface area contributed by atoms with Gasteiger partial charge in [0.15, 0.2) is 0 Å².